The summed E-state index contributed by atoms with van der Waals surface area (Å²) < 4.78 is 5.11. The first-order chi connectivity index (χ1) is 8.19. The van der Waals surface area contributed by atoms with Crippen LogP contribution in [-0.4, -0.2) is 30.0 Å². The van der Waals surface area contributed by atoms with Gasteiger partial charge in [-0.15, -0.1) is 0 Å². The van der Waals surface area contributed by atoms with Crippen molar-refractivity contribution in [3.05, 3.63) is 29.8 Å². The first-order valence-electron chi connectivity index (χ1n) is 5.26. The van der Waals surface area contributed by atoms with Crippen molar-refractivity contribution in [2.45, 2.75) is 18.9 Å². The minimum Gasteiger partial charge on any atom is -0.497 e. The molecule has 0 saturated heterocycles. The lowest BCUT2D eigenvalue weighted by molar-refractivity contribution is -0.148. The van der Waals surface area contributed by atoms with Crippen molar-refractivity contribution < 1.29 is 19.5 Å². The number of ether oxygens (including phenoxy) is 1. The van der Waals surface area contributed by atoms with Crippen molar-refractivity contribution >= 4 is 11.7 Å². The molecule has 1 N–H and O–H groups in total. The summed E-state index contributed by atoms with van der Waals surface area (Å²) >= 11 is 0. The van der Waals surface area contributed by atoms with Crippen LogP contribution >= 0.6 is 0 Å². The molecule has 1 unspecified atom stereocenters. The molecular formula is C12H13NO4. The maximum Gasteiger partial charge on any atom is 0.348 e. The van der Waals surface area contributed by atoms with Gasteiger partial charge in [0.15, 0.2) is 0 Å². The Bertz CT molecular complexity index is 456. The lowest BCUT2D eigenvalue weighted by atomic mass is 10.0. The predicted octanol–water partition coefficient (Wildman–Crippen LogP) is 1.47. The molecule has 0 saturated carbocycles. The fourth-order valence-corrected chi connectivity index (χ4v) is 1.68. The van der Waals surface area contributed by atoms with Gasteiger partial charge in [0, 0.05) is 12.8 Å². The van der Waals surface area contributed by atoms with Crippen molar-refractivity contribution in [1.29, 1.82) is 0 Å². The average Bonchev–Trinajstić information content (AvgIpc) is 2.78. The Hall–Kier alpha value is -2.04. The van der Waals surface area contributed by atoms with Crippen LogP contribution in [-0.2, 0) is 16.1 Å². The number of aliphatic carboxylic acids is 1. The van der Waals surface area contributed by atoms with E-state index in [-0.39, 0.29) is 0 Å². The van der Waals surface area contributed by atoms with E-state index in [2.05, 4.69) is 5.16 Å². The van der Waals surface area contributed by atoms with Gasteiger partial charge >= 0.3 is 5.97 Å². The van der Waals surface area contributed by atoms with Gasteiger partial charge in [0.25, 0.3) is 0 Å². The number of hydrogen-bond donors (Lipinski definition) is 1. The Kier molecular flexibility index (Phi) is 3.27. The molecule has 0 radical (unpaired) electrons. The smallest absolute Gasteiger partial charge is 0.348 e. The fraction of sp³-hybridized carbons (Fsp3) is 0.333. The maximum atomic E-state index is 10.7. The second-order valence-corrected chi connectivity index (χ2v) is 3.82. The van der Waals surface area contributed by atoms with Crippen molar-refractivity contribution in [2.24, 2.45) is 5.16 Å². The Morgan fingerprint density at radius 3 is 3.12 bits per heavy atom. The highest BCUT2D eigenvalue weighted by molar-refractivity contribution is 5.92. The van der Waals surface area contributed by atoms with Gasteiger partial charge in [0.2, 0.25) is 6.10 Å². The van der Waals surface area contributed by atoms with Crippen LogP contribution < -0.4 is 4.74 Å². The maximum absolute atomic E-state index is 10.7. The zero-order chi connectivity index (χ0) is 12.3. The fourth-order valence-electron chi connectivity index (χ4n) is 1.68. The molecule has 1 heterocycles. The third kappa shape index (κ3) is 2.75. The van der Waals surface area contributed by atoms with E-state index in [4.69, 9.17) is 14.7 Å². The summed E-state index contributed by atoms with van der Waals surface area (Å²) in [5.74, 6) is -0.203. The van der Waals surface area contributed by atoms with Crippen LogP contribution in [0.3, 0.4) is 0 Å². The van der Waals surface area contributed by atoms with Crippen LogP contribution in [0.25, 0.3) is 0 Å². The third-order valence-corrected chi connectivity index (χ3v) is 2.55. The minimum atomic E-state index is -0.977. The molecule has 17 heavy (non-hydrogen) atoms. The SMILES string of the molecule is COc1cccc(CC2=NOC(C(=O)O)C2)c1. The number of carboxylic acid groups (broad SMARTS) is 1. The van der Waals surface area contributed by atoms with E-state index in [1.165, 1.54) is 0 Å². The van der Waals surface area contributed by atoms with Crippen LogP contribution in [0.2, 0.25) is 0 Å². The Morgan fingerprint density at radius 2 is 2.47 bits per heavy atom. The van der Waals surface area contributed by atoms with Gasteiger partial charge in [-0.3, -0.25) is 0 Å². The van der Waals surface area contributed by atoms with Gasteiger partial charge in [-0.05, 0) is 17.7 Å². The van der Waals surface area contributed by atoms with Crippen molar-refractivity contribution in [2.75, 3.05) is 7.11 Å². The third-order valence-electron chi connectivity index (χ3n) is 2.55. The summed E-state index contributed by atoms with van der Waals surface area (Å²) in [6.45, 7) is 0. The van der Waals surface area contributed by atoms with E-state index in [0.29, 0.717) is 12.8 Å². The van der Waals surface area contributed by atoms with Gasteiger partial charge in [0.05, 0.1) is 12.8 Å². The van der Waals surface area contributed by atoms with Crippen LogP contribution in [0.15, 0.2) is 29.4 Å². The molecule has 5 nitrogen and oxygen atoms in total. The molecule has 90 valence electrons. The average molecular weight is 235 g/mol. The van der Waals surface area contributed by atoms with E-state index in [0.717, 1.165) is 17.0 Å². The molecule has 0 bridgehead atoms. The van der Waals surface area contributed by atoms with Crippen LogP contribution in [0.4, 0.5) is 0 Å². The second-order valence-electron chi connectivity index (χ2n) is 3.82. The summed E-state index contributed by atoms with van der Waals surface area (Å²) in [5.41, 5.74) is 1.77. The summed E-state index contributed by atoms with van der Waals surface area (Å²) in [7, 11) is 1.61. The Balaban J connectivity index is 2.00. The molecule has 1 aliphatic heterocycles. The van der Waals surface area contributed by atoms with Crippen LogP contribution in [0, 0.1) is 0 Å². The zero-order valence-electron chi connectivity index (χ0n) is 9.42. The Labute approximate surface area is 98.6 Å². The van der Waals surface area contributed by atoms with Gasteiger partial charge in [-0.1, -0.05) is 17.3 Å². The van der Waals surface area contributed by atoms with Crippen molar-refractivity contribution in [3.63, 3.8) is 0 Å². The molecule has 1 aliphatic rings. The Morgan fingerprint density at radius 1 is 1.65 bits per heavy atom. The van der Waals surface area contributed by atoms with Crippen LogP contribution in [0.1, 0.15) is 12.0 Å². The number of methoxy groups -OCH3 is 1. The van der Waals surface area contributed by atoms with Crippen molar-refractivity contribution in [3.8, 4) is 5.75 Å². The largest absolute Gasteiger partial charge is 0.497 e. The number of oxime groups is 1. The molecule has 5 heteroatoms. The molecule has 1 atom stereocenters. The highest BCUT2D eigenvalue weighted by Gasteiger charge is 2.27. The van der Waals surface area contributed by atoms with Gasteiger partial charge < -0.3 is 14.7 Å². The molecule has 0 spiro atoms. The molecule has 1 aromatic carbocycles. The highest BCUT2D eigenvalue weighted by atomic mass is 16.7. The lowest BCUT2D eigenvalue weighted by Gasteiger charge is -2.03. The van der Waals surface area contributed by atoms with Gasteiger partial charge in [-0.25, -0.2) is 4.79 Å². The molecule has 0 aromatic heterocycles. The number of nitrogens with zero attached hydrogens (tertiary/aromatic N) is 1. The van der Waals surface area contributed by atoms with Gasteiger partial charge in [0.1, 0.15) is 5.75 Å². The second kappa shape index (κ2) is 4.86. The van der Waals surface area contributed by atoms with Crippen LogP contribution in [0.5, 0.6) is 5.75 Å². The van der Waals surface area contributed by atoms with Gasteiger partial charge in [-0.2, -0.15) is 0 Å². The highest BCUT2D eigenvalue weighted by Crippen LogP contribution is 2.17. The summed E-state index contributed by atoms with van der Waals surface area (Å²) in [6.07, 6.45) is 0.0867. The quantitative estimate of drug-likeness (QED) is 0.858. The minimum absolute atomic E-state index is 0.340. The molecule has 0 aliphatic carbocycles. The lowest BCUT2D eigenvalue weighted by Crippen LogP contribution is -2.20. The molecular weight excluding hydrogens is 222 g/mol. The first-order valence-corrected chi connectivity index (χ1v) is 5.26. The standard InChI is InChI=1S/C12H13NO4/c1-16-10-4-2-3-8(6-10)5-9-7-11(12(14)15)17-13-9/h2-4,6,11H,5,7H2,1H3,(H,14,15). The monoisotopic (exact) mass is 235 g/mol. The number of carbonyl (C=O) groups is 1. The molecule has 2 rings (SSSR count). The molecule has 0 amide bonds. The summed E-state index contributed by atoms with van der Waals surface area (Å²) in [4.78, 5) is 15.5. The number of hydrogen-bond acceptors (Lipinski definition) is 4. The van der Waals surface area contributed by atoms with E-state index in [9.17, 15) is 4.79 Å². The predicted molar refractivity (Wildman–Crippen MR) is 61.3 cm³/mol. The zero-order valence-corrected chi connectivity index (χ0v) is 9.42. The topological polar surface area (TPSA) is 68.1 Å². The first kappa shape index (κ1) is 11.4. The molecule has 1 aromatic rings. The summed E-state index contributed by atoms with van der Waals surface area (Å²) in [6, 6.07) is 7.59. The van der Waals surface area contributed by atoms with Crippen molar-refractivity contribution in [1.82, 2.24) is 0 Å². The van der Waals surface area contributed by atoms with E-state index in [1.807, 2.05) is 24.3 Å². The number of carboxylic acids is 1. The van der Waals surface area contributed by atoms with E-state index < -0.39 is 12.1 Å². The van der Waals surface area contributed by atoms with E-state index >= 15 is 0 Å². The number of rotatable bonds is 4. The van der Waals surface area contributed by atoms with E-state index in [1.54, 1.807) is 7.11 Å². The normalized spacial score (nSPS) is 18.4. The summed E-state index contributed by atoms with van der Waals surface area (Å²) in [5, 5.41) is 12.5. The number of benzene rings is 1. The molecule has 0 fully saturated rings.